The maximum atomic E-state index is 12.2. The first kappa shape index (κ1) is 14.3. The number of carboxylic acids is 1. The van der Waals surface area contributed by atoms with Gasteiger partial charge in [0.05, 0.1) is 12.5 Å². The van der Waals surface area contributed by atoms with Crippen molar-refractivity contribution in [3.05, 3.63) is 35.9 Å². The lowest BCUT2D eigenvalue weighted by atomic mass is 10.0. The molecule has 0 saturated carbocycles. The van der Waals surface area contributed by atoms with Crippen LogP contribution in [0.4, 0.5) is 4.79 Å². The van der Waals surface area contributed by atoms with E-state index in [1.54, 1.807) is 4.90 Å². The van der Waals surface area contributed by atoms with Crippen molar-refractivity contribution in [2.24, 2.45) is 0 Å². The molecule has 3 N–H and O–H groups in total. The molecule has 0 radical (unpaired) electrons. The monoisotopic (exact) mass is 277 g/mol. The molecule has 20 heavy (non-hydrogen) atoms. The summed E-state index contributed by atoms with van der Waals surface area (Å²) in [6.07, 6.45) is -0.123. The van der Waals surface area contributed by atoms with Crippen molar-refractivity contribution >= 4 is 12.0 Å². The molecule has 1 aromatic carbocycles. The number of nitrogens with zero attached hydrogens (tertiary/aromatic N) is 1. The zero-order valence-electron chi connectivity index (χ0n) is 11.2. The molecule has 1 fully saturated rings. The molecular formula is C14H19N3O3. The number of urea groups is 1. The van der Waals surface area contributed by atoms with E-state index in [1.165, 1.54) is 0 Å². The smallest absolute Gasteiger partial charge is 0.317 e. The summed E-state index contributed by atoms with van der Waals surface area (Å²) >= 11 is 0. The lowest BCUT2D eigenvalue weighted by Gasteiger charge is -2.29. The molecule has 0 aromatic heterocycles. The van der Waals surface area contributed by atoms with Crippen LogP contribution in [0, 0.1) is 0 Å². The first-order chi connectivity index (χ1) is 9.66. The lowest BCUT2D eigenvalue weighted by Crippen LogP contribution is -2.51. The SMILES string of the molecule is O=C(O)CC(NC(=O)N1CCNCC1)c1ccccc1. The fourth-order valence-electron chi connectivity index (χ4n) is 2.22. The third-order valence-corrected chi connectivity index (χ3v) is 3.28. The summed E-state index contributed by atoms with van der Waals surface area (Å²) in [7, 11) is 0. The van der Waals surface area contributed by atoms with Crippen LogP contribution < -0.4 is 10.6 Å². The number of carbonyl (C=O) groups is 2. The minimum absolute atomic E-state index is 0.123. The van der Waals surface area contributed by atoms with Crippen LogP contribution in [0.15, 0.2) is 30.3 Å². The van der Waals surface area contributed by atoms with Crippen molar-refractivity contribution in [2.75, 3.05) is 26.2 Å². The van der Waals surface area contributed by atoms with E-state index in [4.69, 9.17) is 5.11 Å². The number of hydrogen-bond donors (Lipinski definition) is 3. The van der Waals surface area contributed by atoms with Crippen molar-refractivity contribution in [2.45, 2.75) is 12.5 Å². The second-order valence-corrected chi connectivity index (χ2v) is 4.75. The molecule has 1 aliphatic heterocycles. The van der Waals surface area contributed by atoms with Gasteiger partial charge in [0.15, 0.2) is 0 Å². The molecule has 1 unspecified atom stereocenters. The maximum Gasteiger partial charge on any atom is 0.317 e. The van der Waals surface area contributed by atoms with Gasteiger partial charge >= 0.3 is 12.0 Å². The zero-order valence-corrected chi connectivity index (χ0v) is 11.2. The Bertz CT molecular complexity index is 458. The number of aliphatic carboxylic acids is 1. The van der Waals surface area contributed by atoms with E-state index in [9.17, 15) is 9.59 Å². The number of carboxylic acid groups (broad SMARTS) is 1. The van der Waals surface area contributed by atoms with Crippen molar-refractivity contribution < 1.29 is 14.7 Å². The molecule has 1 heterocycles. The molecule has 6 nitrogen and oxygen atoms in total. The lowest BCUT2D eigenvalue weighted by molar-refractivity contribution is -0.137. The van der Waals surface area contributed by atoms with Crippen LogP contribution in [0.1, 0.15) is 18.0 Å². The summed E-state index contributed by atoms with van der Waals surface area (Å²) in [4.78, 5) is 24.8. The average molecular weight is 277 g/mol. The Labute approximate surface area is 117 Å². The van der Waals surface area contributed by atoms with Crippen LogP contribution >= 0.6 is 0 Å². The predicted octanol–water partition coefficient (Wildman–Crippen LogP) is 0.817. The van der Waals surface area contributed by atoms with E-state index in [0.717, 1.165) is 18.7 Å². The molecule has 108 valence electrons. The van der Waals surface area contributed by atoms with Gasteiger partial charge in [0, 0.05) is 26.2 Å². The van der Waals surface area contributed by atoms with Crippen molar-refractivity contribution in [1.29, 1.82) is 0 Å². The van der Waals surface area contributed by atoms with Crippen LogP contribution in [0.25, 0.3) is 0 Å². The van der Waals surface area contributed by atoms with E-state index < -0.39 is 12.0 Å². The van der Waals surface area contributed by atoms with E-state index in [2.05, 4.69) is 10.6 Å². The standard InChI is InChI=1S/C14H19N3O3/c18-13(19)10-12(11-4-2-1-3-5-11)16-14(20)17-8-6-15-7-9-17/h1-5,12,15H,6-10H2,(H,16,20)(H,18,19). The molecule has 0 aliphatic carbocycles. The van der Waals surface area contributed by atoms with Crippen LogP contribution in [-0.2, 0) is 4.79 Å². The topological polar surface area (TPSA) is 81.7 Å². The van der Waals surface area contributed by atoms with E-state index in [0.29, 0.717) is 13.1 Å². The number of amides is 2. The third-order valence-electron chi connectivity index (χ3n) is 3.28. The molecule has 1 aromatic rings. The fourth-order valence-corrected chi connectivity index (χ4v) is 2.22. The fraction of sp³-hybridized carbons (Fsp3) is 0.429. The zero-order chi connectivity index (χ0) is 14.4. The van der Waals surface area contributed by atoms with E-state index in [1.807, 2.05) is 30.3 Å². The summed E-state index contributed by atoms with van der Waals surface area (Å²) in [6, 6.07) is 8.47. The molecule has 2 amide bonds. The molecular weight excluding hydrogens is 258 g/mol. The van der Waals surface area contributed by atoms with Gasteiger partial charge in [0.25, 0.3) is 0 Å². The van der Waals surface area contributed by atoms with Gasteiger partial charge < -0.3 is 20.6 Å². The Morgan fingerprint density at radius 1 is 1.25 bits per heavy atom. The summed E-state index contributed by atoms with van der Waals surface area (Å²) in [5.41, 5.74) is 0.804. The Kier molecular flexibility index (Phi) is 4.95. The highest BCUT2D eigenvalue weighted by molar-refractivity contribution is 5.76. The normalized spacial score (nSPS) is 16.5. The Morgan fingerprint density at radius 3 is 2.50 bits per heavy atom. The first-order valence-electron chi connectivity index (χ1n) is 6.69. The summed E-state index contributed by atoms with van der Waals surface area (Å²) in [6.45, 7) is 2.81. The van der Waals surface area contributed by atoms with Crippen LogP contribution in [0.5, 0.6) is 0 Å². The molecule has 2 rings (SSSR count). The number of piperazine rings is 1. The van der Waals surface area contributed by atoms with E-state index in [-0.39, 0.29) is 12.5 Å². The molecule has 0 spiro atoms. The molecule has 1 atom stereocenters. The molecule has 1 aliphatic rings. The van der Waals surface area contributed by atoms with Gasteiger partial charge in [0.1, 0.15) is 0 Å². The maximum absolute atomic E-state index is 12.2. The van der Waals surface area contributed by atoms with Gasteiger partial charge in [-0.15, -0.1) is 0 Å². The highest BCUT2D eigenvalue weighted by Gasteiger charge is 2.22. The van der Waals surface area contributed by atoms with Crippen LogP contribution in [0.3, 0.4) is 0 Å². The summed E-state index contributed by atoms with van der Waals surface area (Å²) in [5.74, 6) is -0.931. The number of hydrogen-bond acceptors (Lipinski definition) is 3. The van der Waals surface area contributed by atoms with Gasteiger partial charge in [-0.25, -0.2) is 4.79 Å². The minimum atomic E-state index is -0.931. The minimum Gasteiger partial charge on any atom is -0.481 e. The van der Waals surface area contributed by atoms with Gasteiger partial charge in [-0.3, -0.25) is 4.79 Å². The van der Waals surface area contributed by atoms with Gasteiger partial charge in [-0.05, 0) is 5.56 Å². The van der Waals surface area contributed by atoms with Crippen LogP contribution in [0.2, 0.25) is 0 Å². The summed E-state index contributed by atoms with van der Waals surface area (Å²) in [5, 5.41) is 15.0. The van der Waals surface area contributed by atoms with E-state index >= 15 is 0 Å². The molecule has 6 heteroatoms. The third kappa shape index (κ3) is 3.96. The summed E-state index contributed by atoms with van der Waals surface area (Å²) < 4.78 is 0. The van der Waals surface area contributed by atoms with Crippen molar-refractivity contribution in [1.82, 2.24) is 15.5 Å². The van der Waals surface area contributed by atoms with Gasteiger partial charge in [-0.2, -0.15) is 0 Å². The number of rotatable bonds is 4. The Morgan fingerprint density at radius 2 is 1.90 bits per heavy atom. The highest BCUT2D eigenvalue weighted by atomic mass is 16.4. The first-order valence-corrected chi connectivity index (χ1v) is 6.69. The quantitative estimate of drug-likeness (QED) is 0.761. The number of carbonyl (C=O) groups excluding carboxylic acids is 1. The second-order valence-electron chi connectivity index (χ2n) is 4.75. The Hall–Kier alpha value is -2.08. The van der Waals surface area contributed by atoms with Crippen molar-refractivity contribution in [3.8, 4) is 0 Å². The van der Waals surface area contributed by atoms with Gasteiger partial charge in [-0.1, -0.05) is 30.3 Å². The van der Waals surface area contributed by atoms with Gasteiger partial charge in [0.2, 0.25) is 0 Å². The predicted molar refractivity (Wildman–Crippen MR) is 74.4 cm³/mol. The highest BCUT2D eigenvalue weighted by Crippen LogP contribution is 2.17. The Balaban J connectivity index is 2.03. The van der Waals surface area contributed by atoms with Crippen LogP contribution in [-0.4, -0.2) is 48.2 Å². The largest absolute Gasteiger partial charge is 0.481 e. The molecule has 1 saturated heterocycles. The average Bonchev–Trinajstić information content (AvgIpc) is 2.48. The number of benzene rings is 1. The van der Waals surface area contributed by atoms with Crippen molar-refractivity contribution in [3.63, 3.8) is 0 Å². The second kappa shape index (κ2) is 6.91. The molecule has 0 bridgehead atoms. The number of nitrogens with one attached hydrogen (secondary N) is 2.